The number of oxazole rings is 1. The van der Waals surface area contributed by atoms with Gasteiger partial charge in [0.1, 0.15) is 11.3 Å². The zero-order valence-electron chi connectivity index (χ0n) is 15.9. The highest BCUT2D eigenvalue weighted by molar-refractivity contribution is 6.04. The first-order valence-corrected chi connectivity index (χ1v) is 9.05. The van der Waals surface area contributed by atoms with E-state index < -0.39 is 5.97 Å². The van der Waals surface area contributed by atoms with E-state index in [2.05, 4.69) is 10.3 Å². The first-order chi connectivity index (χ1) is 14.0. The Hall–Kier alpha value is -3.93. The van der Waals surface area contributed by atoms with Crippen LogP contribution in [0, 0.1) is 6.92 Å². The van der Waals surface area contributed by atoms with Crippen LogP contribution in [0.5, 0.6) is 5.75 Å². The number of rotatable bonds is 4. The van der Waals surface area contributed by atoms with Crippen molar-refractivity contribution in [1.29, 1.82) is 0 Å². The normalized spacial score (nSPS) is 10.7. The van der Waals surface area contributed by atoms with E-state index in [0.717, 1.165) is 16.6 Å². The molecule has 0 saturated carbocycles. The predicted octanol–water partition coefficient (Wildman–Crippen LogP) is 4.98. The summed E-state index contributed by atoms with van der Waals surface area (Å²) in [4.78, 5) is 28.0. The van der Waals surface area contributed by atoms with Gasteiger partial charge in [0.05, 0.1) is 0 Å². The summed E-state index contributed by atoms with van der Waals surface area (Å²) in [7, 11) is 0. The third-order valence-corrected chi connectivity index (χ3v) is 4.29. The molecular formula is C23H18N2O4. The summed E-state index contributed by atoms with van der Waals surface area (Å²) in [5, 5.41) is 2.86. The smallest absolute Gasteiger partial charge is 0.308 e. The van der Waals surface area contributed by atoms with E-state index >= 15 is 0 Å². The molecule has 3 aromatic carbocycles. The number of nitrogens with zero attached hydrogens (tertiary/aromatic N) is 1. The molecule has 0 radical (unpaired) electrons. The highest BCUT2D eigenvalue weighted by Crippen LogP contribution is 2.27. The van der Waals surface area contributed by atoms with Crippen LogP contribution in [-0.2, 0) is 4.79 Å². The number of aromatic nitrogens is 1. The number of aryl methyl sites for hydroxylation is 1. The molecular weight excluding hydrogens is 368 g/mol. The first-order valence-electron chi connectivity index (χ1n) is 9.05. The number of nitrogens with one attached hydrogen (secondary N) is 1. The van der Waals surface area contributed by atoms with Gasteiger partial charge in [-0.3, -0.25) is 9.59 Å². The maximum atomic E-state index is 12.5. The quantitative estimate of drug-likeness (QED) is 0.395. The van der Waals surface area contributed by atoms with Gasteiger partial charge in [-0.25, -0.2) is 4.98 Å². The molecule has 1 N–H and O–H groups in total. The van der Waals surface area contributed by atoms with Crippen LogP contribution < -0.4 is 10.1 Å². The van der Waals surface area contributed by atoms with Crippen molar-refractivity contribution in [3.05, 3.63) is 77.9 Å². The second-order valence-electron chi connectivity index (χ2n) is 6.64. The van der Waals surface area contributed by atoms with Gasteiger partial charge in [0.2, 0.25) is 5.89 Å². The molecule has 1 amide bonds. The predicted molar refractivity (Wildman–Crippen MR) is 110 cm³/mol. The van der Waals surface area contributed by atoms with Crippen LogP contribution in [0.15, 0.2) is 71.1 Å². The summed E-state index contributed by atoms with van der Waals surface area (Å²) in [5.74, 6) is 0.202. The van der Waals surface area contributed by atoms with Gasteiger partial charge in [-0.1, -0.05) is 12.1 Å². The van der Waals surface area contributed by atoms with E-state index in [1.807, 2.05) is 43.3 Å². The number of amides is 1. The highest BCUT2D eigenvalue weighted by atomic mass is 16.5. The number of hydrogen-bond acceptors (Lipinski definition) is 5. The van der Waals surface area contributed by atoms with E-state index in [0.29, 0.717) is 28.5 Å². The summed E-state index contributed by atoms with van der Waals surface area (Å²) < 4.78 is 10.8. The molecule has 6 heteroatoms. The van der Waals surface area contributed by atoms with Gasteiger partial charge < -0.3 is 14.5 Å². The van der Waals surface area contributed by atoms with Gasteiger partial charge in [0.25, 0.3) is 5.91 Å². The fourth-order valence-corrected chi connectivity index (χ4v) is 2.93. The average molecular weight is 386 g/mol. The van der Waals surface area contributed by atoms with Crippen molar-refractivity contribution in [2.75, 3.05) is 5.32 Å². The van der Waals surface area contributed by atoms with Gasteiger partial charge in [-0.05, 0) is 67.1 Å². The summed E-state index contributed by atoms with van der Waals surface area (Å²) in [6, 6.07) is 19.5. The lowest BCUT2D eigenvalue weighted by molar-refractivity contribution is -0.131. The standard InChI is InChI=1S/C23H18N2O4/c1-14-6-11-21-20(12-14)25-23(29-21)17-4-3-5-18(13-17)24-22(27)16-7-9-19(10-8-16)28-15(2)26/h3-13H,1-2H3,(H,24,27). The lowest BCUT2D eigenvalue weighted by Crippen LogP contribution is -2.12. The Bertz CT molecular complexity index is 1210. The molecule has 6 nitrogen and oxygen atoms in total. The minimum atomic E-state index is -0.409. The van der Waals surface area contributed by atoms with Gasteiger partial charge in [0.15, 0.2) is 5.58 Å². The zero-order chi connectivity index (χ0) is 20.4. The lowest BCUT2D eigenvalue weighted by atomic mass is 10.1. The highest BCUT2D eigenvalue weighted by Gasteiger charge is 2.11. The number of carbonyl (C=O) groups excluding carboxylic acids is 2. The fourth-order valence-electron chi connectivity index (χ4n) is 2.93. The summed E-state index contributed by atoms with van der Waals surface area (Å²) in [6.07, 6.45) is 0. The third kappa shape index (κ3) is 4.16. The Morgan fingerprint density at radius 1 is 1.00 bits per heavy atom. The van der Waals surface area contributed by atoms with Crippen molar-refractivity contribution in [3.8, 4) is 17.2 Å². The molecule has 1 aromatic heterocycles. The number of benzene rings is 3. The molecule has 0 bridgehead atoms. The van der Waals surface area contributed by atoms with Crippen molar-refractivity contribution in [2.45, 2.75) is 13.8 Å². The third-order valence-electron chi connectivity index (χ3n) is 4.29. The number of ether oxygens (including phenoxy) is 1. The fraction of sp³-hybridized carbons (Fsp3) is 0.0870. The monoisotopic (exact) mass is 386 g/mol. The van der Waals surface area contributed by atoms with Crippen molar-refractivity contribution in [2.24, 2.45) is 0 Å². The molecule has 4 aromatic rings. The Balaban J connectivity index is 1.53. The number of fused-ring (bicyclic) bond motifs is 1. The van der Waals surface area contributed by atoms with Crippen LogP contribution >= 0.6 is 0 Å². The van der Waals surface area contributed by atoms with Gasteiger partial charge in [0, 0.05) is 23.7 Å². The van der Waals surface area contributed by atoms with E-state index in [-0.39, 0.29) is 5.91 Å². The maximum absolute atomic E-state index is 12.5. The summed E-state index contributed by atoms with van der Waals surface area (Å²) in [5.41, 5.74) is 4.45. The van der Waals surface area contributed by atoms with Crippen molar-refractivity contribution in [3.63, 3.8) is 0 Å². The number of carbonyl (C=O) groups is 2. The van der Waals surface area contributed by atoms with Crippen LogP contribution in [0.4, 0.5) is 5.69 Å². The maximum Gasteiger partial charge on any atom is 0.308 e. The Kier molecular flexibility index (Phi) is 4.83. The minimum absolute atomic E-state index is 0.273. The molecule has 0 spiro atoms. The molecule has 0 unspecified atom stereocenters. The van der Waals surface area contributed by atoms with Crippen LogP contribution in [0.2, 0.25) is 0 Å². The van der Waals surface area contributed by atoms with Crippen LogP contribution in [0.1, 0.15) is 22.8 Å². The molecule has 0 aliphatic rings. The Labute approximate surface area is 167 Å². The van der Waals surface area contributed by atoms with Crippen molar-refractivity contribution in [1.82, 2.24) is 4.98 Å². The molecule has 4 rings (SSSR count). The Morgan fingerprint density at radius 2 is 1.79 bits per heavy atom. The molecule has 0 aliphatic carbocycles. The second-order valence-corrected chi connectivity index (χ2v) is 6.64. The molecule has 144 valence electrons. The SMILES string of the molecule is CC(=O)Oc1ccc(C(=O)Nc2cccc(-c3nc4cc(C)ccc4o3)c2)cc1. The van der Waals surface area contributed by atoms with E-state index in [4.69, 9.17) is 9.15 Å². The van der Waals surface area contributed by atoms with Crippen LogP contribution in [0.25, 0.3) is 22.6 Å². The summed E-state index contributed by atoms with van der Waals surface area (Å²) in [6.45, 7) is 3.33. The zero-order valence-corrected chi connectivity index (χ0v) is 15.9. The molecule has 0 aliphatic heterocycles. The topological polar surface area (TPSA) is 81.4 Å². The van der Waals surface area contributed by atoms with Crippen molar-refractivity contribution < 1.29 is 18.7 Å². The number of hydrogen-bond donors (Lipinski definition) is 1. The van der Waals surface area contributed by atoms with E-state index in [1.54, 1.807) is 30.3 Å². The van der Waals surface area contributed by atoms with Gasteiger partial charge >= 0.3 is 5.97 Å². The second kappa shape index (κ2) is 7.59. The van der Waals surface area contributed by atoms with E-state index in [1.165, 1.54) is 6.92 Å². The van der Waals surface area contributed by atoms with Gasteiger partial charge in [-0.15, -0.1) is 0 Å². The number of esters is 1. The molecule has 0 saturated heterocycles. The Morgan fingerprint density at radius 3 is 2.55 bits per heavy atom. The average Bonchev–Trinajstić information content (AvgIpc) is 3.11. The molecule has 0 atom stereocenters. The lowest BCUT2D eigenvalue weighted by Gasteiger charge is -2.07. The molecule has 1 heterocycles. The van der Waals surface area contributed by atoms with E-state index in [9.17, 15) is 9.59 Å². The first kappa shape index (κ1) is 18.4. The van der Waals surface area contributed by atoms with Crippen molar-refractivity contribution >= 4 is 28.7 Å². The largest absolute Gasteiger partial charge is 0.436 e. The molecule has 29 heavy (non-hydrogen) atoms. The van der Waals surface area contributed by atoms with Gasteiger partial charge in [-0.2, -0.15) is 0 Å². The minimum Gasteiger partial charge on any atom is -0.436 e. The van der Waals surface area contributed by atoms with Crippen LogP contribution in [0.3, 0.4) is 0 Å². The summed E-state index contributed by atoms with van der Waals surface area (Å²) >= 11 is 0. The van der Waals surface area contributed by atoms with Crippen LogP contribution in [-0.4, -0.2) is 16.9 Å². The molecule has 0 fully saturated rings. The number of anilines is 1.